The number of anilines is 1. The molecule has 2 aromatic carbocycles. The SMILES string of the molecule is CN(C(=O)C(C)(C)C)c1ccc(OCc2cccc(S(=O)(=O)N(C)C)c2)cc1. The Morgan fingerprint density at radius 1 is 1.00 bits per heavy atom. The van der Waals surface area contributed by atoms with Crippen LogP contribution in [0.5, 0.6) is 5.75 Å². The third kappa shape index (κ3) is 5.11. The molecule has 28 heavy (non-hydrogen) atoms. The van der Waals surface area contributed by atoms with Gasteiger partial charge in [0.1, 0.15) is 12.4 Å². The van der Waals surface area contributed by atoms with Gasteiger partial charge in [-0.25, -0.2) is 12.7 Å². The molecule has 0 saturated heterocycles. The summed E-state index contributed by atoms with van der Waals surface area (Å²) >= 11 is 0. The number of hydrogen-bond acceptors (Lipinski definition) is 4. The molecule has 152 valence electrons. The topological polar surface area (TPSA) is 66.9 Å². The smallest absolute Gasteiger partial charge is 0.242 e. The van der Waals surface area contributed by atoms with Gasteiger partial charge in [0.2, 0.25) is 15.9 Å². The molecule has 1 amide bonds. The zero-order valence-electron chi connectivity index (χ0n) is 17.3. The van der Waals surface area contributed by atoms with Gasteiger partial charge in [-0.15, -0.1) is 0 Å². The van der Waals surface area contributed by atoms with Crippen molar-refractivity contribution >= 4 is 21.6 Å². The standard InChI is InChI=1S/C21H28N2O4S/c1-21(2,3)20(24)23(6)17-10-12-18(13-11-17)27-15-16-8-7-9-19(14-16)28(25,26)22(4)5/h7-14H,15H2,1-6H3. The van der Waals surface area contributed by atoms with Gasteiger partial charge in [0.15, 0.2) is 0 Å². The molecule has 0 aromatic heterocycles. The van der Waals surface area contributed by atoms with Gasteiger partial charge >= 0.3 is 0 Å². The van der Waals surface area contributed by atoms with Gasteiger partial charge in [-0.05, 0) is 42.0 Å². The predicted molar refractivity (Wildman–Crippen MR) is 111 cm³/mol. The van der Waals surface area contributed by atoms with Crippen LogP contribution in [-0.2, 0) is 21.4 Å². The normalized spacial score (nSPS) is 12.1. The first-order chi connectivity index (χ1) is 12.9. The number of benzene rings is 2. The van der Waals surface area contributed by atoms with E-state index in [4.69, 9.17) is 4.74 Å². The third-order valence-electron chi connectivity index (χ3n) is 4.25. The van der Waals surface area contributed by atoms with Crippen LogP contribution in [-0.4, -0.2) is 39.8 Å². The Morgan fingerprint density at radius 3 is 2.14 bits per heavy atom. The zero-order valence-corrected chi connectivity index (χ0v) is 18.1. The van der Waals surface area contributed by atoms with Crippen molar-refractivity contribution in [2.45, 2.75) is 32.3 Å². The van der Waals surface area contributed by atoms with E-state index < -0.39 is 15.4 Å². The van der Waals surface area contributed by atoms with Crippen LogP contribution in [0, 0.1) is 5.41 Å². The first-order valence-corrected chi connectivity index (χ1v) is 10.4. The van der Waals surface area contributed by atoms with E-state index in [1.807, 2.05) is 39.0 Å². The van der Waals surface area contributed by atoms with E-state index in [2.05, 4.69) is 0 Å². The summed E-state index contributed by atoms with van der Waals surface area (Å²) in [6.07, 6.45) is 0. The highest BCUT2D eigenvalue weighted by Gasteiger charge is 2.25. The molecule has 2 aromatic rings. The highest BCUT2D eigenvalue weighted by atomic mass is 32.2. The van der Waals surface area contributed by atoms with Crippen molar-refractivity contribution in [3.63, 3.8) is 0 Å². The highest BCUT2D eigenvalue weighted by Crippen LogP contribution is 2.24. The lowest BCUT2D eigenvalue weighted by Crippen LogP contribution is -2.36. The highest BCUT2D eigenvalue weighted by molar-refractivity contribution is 7.89. The van der Waals surface area contributed by atoms with E-state index in [0.29, 0.717) is 5.75 Å². The lowest BCUT2D eigenvalue weighted by Gasteiger charge is -2.26. The first kappa shape index (κ1) is 21.9. The molecule has 0 aliphatic carbocycles. The van der Waals surface area contributed by atoms with Gasteiger partial charge in [-0.3, -0.25) is 4.79 Å². The number of carbonyl (C=O) groups is 1. The molecule has 0 aliphatic rings. The molecule has 0 N–H and O–H groups in total. The Morgan fingerprint density at radius 2 is 1.61 bits per heavy atom. The predicted octanol–water partition coefficient (Wildman–Crippen LogP) is 3.52. The van der Waals surface area contributed by atoms with Crippen LogP contribution in [0.1, 0.15) is 26.3 Å². The molecule has 0 saturated carbocycles. The minimum Gasteiger partial charge on any atom is -0.489 e. The van der Waals surface area contributed by atoms with E-state index >= 15 is 0 Å². The minimum atomic E-state index is -3.48. The second kappa shape index (κ2) is 8.32. The van der Waals surface area contributed by atoms with Crippen molar-refractivity contribution in [1.29, 1.82) is 0 Å². The van der Waals surface area contributed by atoms with E-state index in [-0.39, 0.29) is 17.4 Å². The fourth-order valence-corrected chi connectivity index (χ4v) is 3.53. The van der Waals surface area contributed by atoms with Crippen LogP contribution >= 0.6 is 0 Å². The molecule has 0 radical (unpaired) electrons. The third-order valence-corrected chi connectivity index (χ3v) is 6.06. The Bertz CT molecular complexity index is 930. The van der Waals surface area contributed by atoms with Crippen molar-refractivity contribution in [2.24, 2.45) is 5.41 Å². The first-order valence-electron chi connectivity index (χ1n) is 8.95. The molecule has 0 heterocycles. The summed E-state index contributed by atoms with van der Waals surface area (Å²) in [7, 11) is 1.28. The molecule has 2 rings (SSSR count). The average Bonchev–Trinajstić information content (AvgIpc) is 2.65. The summed E-state index contributed by atoms with van der Waals surface area (Å²) in [5, 5.41) is 0. The number of sulfonamides is 1. The molecule has 7 heteroatoms. The van der Waals surface area contributed by atoms with E-state index in [1.54, 1.807) is 42.3 Å². The summed E-state index contributed by atoms with van der Waals surface area (Å²) < 4.78 is 31.4. The van der Waals surface area contributed by atoms with Crippen molar-refractivity contribution < 1.29 is 17.9 Å². The Balaban J connectivity index is 2.07. The van der Waals surface area contributed by atoms with Crippen LogP contribution in [0.4, 0.5) is 5.69 Å². The maximum absolute atomic E-state index is 12.4. The van der Waals surface area contributed by atoms with Crippen LogP contribution in [0.25, 0.3) is 0 Å². The molecule has 6 nitrogen and oxygen atoms in total. The molecular weight excluding hydrogens is 376 g/mol. The zero-order chi connectivity index (χ0) is 21.1. The van der Waals surface area contributed by atoms with E-state index in [9.17, 15) is 13.2 Å². The van der Waals surface area contributed by atoms with Crippen molar-refractivity contribution in [3.8, 4) is 5.75 Å². The minimum absolute atomic E-state index is 0.0279. The van der Waals surface area contributed by atoms with Crippen molar-refractivity contribution in [2.75, 3.05) is 26.0 Å². The van der Waals surface area contributed by atoms with Gasteiger partial charge in [0.05, 0.1) is 4.90 Å². The van der Waals surface area contributed by atoms with Gasteiger partial charge < -0.3 is 9.64 Å². The number of hydrogen-bond donors (Lipinski definition) is 0. The van der Waals surface area contributed by atoms with Crippen LogP contribution < -0.4 is 9.64 Å². The second-order valence-electron chi connectivity index (χ2n) is 7.83. The van der Waals surface area contributed by atoms with Crippen LogP contribution in [0.2, 0.25) is 0 Å². The van der Waals surface area contributed by atoms with Gasteiger partial charge in [0.25, 0.3) is 0 Å². The number of ether oxygens (including phenoxy) is 1. The maximum Gasteiger partial charge on any atom is 0.242 e. The van der Waals surface area contributed by atoms with Gasteiger partial charge in [-0.2, -0.15) is 0 Å². The number of amides is 1. The number of nitrogens with zero attached hydrogens (tertiary/aromatic N) is 2. The summed E-state index contributed by atoms with van der Waals surface area (Å²) in [5.74, 6) is 0.668. The van der Waals surface area contributed by atoms with Crippen molar-refractivity contribution in [1.82, 2.24) is 4.31 Å². The van der Waals surface area contributed by atoms with E-state index in [0.717, 1.165) is 11.3 Å². The average molecular weight is 405 g/mol. The molecule has 0 atom stereocenters. The Hall–Kier alpha value is -2.38. The molecule has 0 aliphatic heterocycles. The molecule has 0 fully saturated rings. The second-order valence-corrected chi connectivity index (χ2v) is 9.98. The molecule has 0 unspecified atom stereocenters. The molecule has 0 bridgehead atoms. The molecular formula is C21H28N2O4S. The van der Waals surface area contributed by atoms with Gasteiger partial charge in [-0.1, -0.05) is 32.9 Å². The lowest BCUT2D eigenvalue weighted by molar-refractivity contribution is -0.125. The summed E-state index contributed by atoms with van der Waals surface area (Å²) in [4.78, 5) is 14.2. The molecule has 0 spiro atoms. The maximum atomic E-state index is 12.4. The fourth-order valence-electron chi connectivity index (χ4n) is 2.56. The largest absolute Gasteiger partial charge is 0.489 e. The fraction of sp³-hybridized carbons (Fsp3) is 0.381. The summed E-state index contributed by atoms with van der Waals surface area (Å²) in [6.45, 7) is 5.89. The summed E-state index contributed by atoms with van der Waals surface area (Å²) in [5.41, 5.74) is 1.08. The summed E-state index contributed by atoms with van der Waals surface area (Å²) in [6, 6.07) is 13.9. The lowest BCUT2D eigenvalue weighted by atomic mass is 9.95. The van der Waals surface area contributed by atoms with Crippen molar-refractivity contribution in [3.05, 3.63) is 54.1 Å². The Labute approximate surface area is 167 Å². The van der Waals surface area contributed by atoms with Gasteiger partial charge in [0, 0.05) is 32.2 Å². The quantitative estimate of drug-likeness (QED) is 0.739. The Kier molecular flexibility index (Phi) is 6.52. The van der Waals surface area contributed by atoms with Crippen LogP contribution in [0.3, 0.4) is 0 Å². The number of carbonyl (C=O) groups excluding carboxylic acids is 1. The number of rotatable bonds is 6. The monoisotopic (exact) mass is 404 g/mol. The van der Waals surface area contributed by atoms with Crippen LogP contribution in [0.15, 0.2) is 53.4 Å². The van der Waals surface area contributed by atoms with E-state index in [1.165, 1.54) is 18.4 Å².